The lowest BCUT2D eigenvalue weighted by atomic mass is 10.2. The van der Waals surface area contributed by atoms with Crippen molar-refractivity contribution in [3.8, 4) is 0 Å². The molecule has 0 bridgehead atoms. The summed E-state index contributed by atoms with van der Waals surface area (Å²) in [5.41, 5.74) is 0. The van der Waals surface area contributed by atoms with Crippen molar-refractivity contribution in [2.45, 2.75) is 45.8 Å². The van der Waals surface area contributed by atoms with Crippen molar-refractivity contribution >= 4 is 0 Å². The van der Waals surface area contributed by atoms with Crippen LogP contribution in [0.15, 0.2) is 0 Å². The Morgan fingerprint density at radius 2 is 2.07 bits per heavy atom. The van der Waals surface area contributed by atoms with Crippen molar-refractivity contribution in [2.75, 3.05) is 26.2 Å². The third-order valence-corrected chi connectivity index (χ3v) is 3.00. The Balaban J connectivity index is 2.22. The molecule has 0 saturated heterocycles. The monoisotopic (exact) mass is 214 g/mol. The van der Waals surface area contributed by atoms with Crippen molar-refractivity contribution in [3.05, 3.63) is 0 Å². The van der Waals surface area contributed by atoms with Crippen molar-refractivity contribution in [1.29, 1.82) is 0 Å². The van der Waals surface area contributed by atoms with Crippen LogP contribution in [-0.4, -0.2) is 48.3 Å². The molecule has 1 aliphatic rings. The molecule has 0 aromatic heterocycles. The number of likely N-dealkylation sites (N-methyl/N-ethyl adjacent to an activating group) is 1. The Morgan fingerprint density at radius 1 is 1.40 bits per heavy atom. The lowest BCUT2D eigenvalue weighted by Gasteiger charge is -2.28. The van der Waals surface area contributed by atoms with E-state index >= 15 is 0 Å². The van der Waals surface area contributed by atoms with Crippen LogP contribution in [0.3, 0.4) is 0 Å². The lowest BCUT2D eigenvalue weighted by Crippen LogP contribution is -2.42. The summed E-state index contributed by atoms with van der Waals surface area (Å²) in [5.74, 6) is 0.902. The van der Waals surface area contributed by atoms with Crippen LogP contribution in [0, 0.1) is 5.92 Å². The van der Waals surface area contributed by atoms with Crippen molar-refractivity contribution < 1.29 is 5.11 Å². The fourth-order valence-corrected chi connectivity index (χ4v) is 1.77. The minimum atomic E-state index is -0.230. The summed E-state index contributed by atoms with van der Waals surface area (Å²) in [5, 5.41) is 13.0. The highest BCUT2D eigenvalue weighted by molar-refractivity contribution is 4.80. The van der Waals surface area contributed by atoms with Crippen LogP contribution in [0.5, 0.6) is 0 Å². The number of aliphatic hydroxyl groups is 1. The van der Waals surface area contributed by atoms with Crippen LogP contribution in [0.4, 0.5) is 0 Å². The largest absolute Gasteiger partial charge is 0.390 e. The number of hydrogen-bond acceptors (Lipinski definition) is 3. The maximum Gasteiger partial charge on any atom is 0.0791 e. The smallest absolute Gasteiger partial charge is 0.0791 e. The van der Waals surface area contributed by atoms with Gasteiger partial charge in [0, 0.05) is 25.7 Å². The molecule has 0 spiro atoms. The molecular weight excluding hydrogens is 188 g/mol. The van der Waals surface area contributed by atoms with Gasteiger partial charge in [-0.3, -0.25) is 4.90 Å². The fraction of sp³-hybridized carbons (Fsp3) is 1.00. The van der Waals surface area contributed by atoms with Crippen molar-refractivity contribution in [2.24, 2.45) is 5.92 Å². The summed E-state index contributed by atoms with van der Waals surface area (Å²) in [7, 11) is 0. The predicted molar refractivity (Wildman–Crippen MR) is 64.0 cm³/mol. The van der Waals surface area contributed by atoms with E-state index in [0.29, 0.717) is 12.6 Å². The Kier molecular flexibility index (Phi) is 5.58. The first-order valence-electron chi connectivity index (χ1n) is 6.26. The van der Waals surface area contributed by atoms with Gasteiger partial charge in [0.25, 0.3) is 0 Å². The van der Waals surface area contributed by atoms with Crippen molar-refractivity contribution in [1.82, 2.24) is 10.2 Å². The zero-order valence-corrected chi connectivity index (χ0v) is 10.4. The SMILES string of the molecule is CCNCC(O)CN(CC1CC1)C(C)C. The molecule has 90 valence electrons. The highest BCUT2D eigenvalue weighted by Gasteiger charge is 2.26. The van der Waals surface area contributed by atoms with E-state index in [0.717, 1.165) is 19.0 Å². The minimum absolute atomic E-state index is 0.230. The normalized spacial score (nSPS) is 18.8. The van der Waals surface area contributed by atoms with Gasteiger partial charge in [0.1, 0.15) is 0 Å². The third kappa shape index (κ3) is 5.50. The van der Waals surface area contributed by atoms with Gasteiger partial charge in [-0.1, -0.05) is 6.92 Å². The molecule has 0 aromatic rings. The van der Waals surface area contributed by atoms with E-state index in [1.807, 2.05) is 0 Å². The number of nitrogens with one attached hydrogen (secondary N) is 1. The molecule has 0 aliphatic heterocycles. The second kappa shape index (κ2) is 6.46. The van der Waals surface area contributed by atoms with Gasteiger partial charge in [0.05, 0.1) is 6.10 Å². The molecule has 0 heterocycles. The van der Waals surface area contributed by atoms with Crippen molar-refractivity contribution in [3.63, 3.8) is 0 Å². The molecule has 3 heteroatoms. The molecule has 1 rings (SSSR count). The van der Waals surface area contributed by atoms with Gasteiger partial charge in [0.2, 0.25) is 0 Å². The van der Waals surface area contributed by atoms with E-state index in [4.69, 9.17) is 0 Å². The Labute approximate surface area is 93.9 Å². The first-order valence-corrected chi connectivity index (χ1v) is 6.26. The van der Waals surface area contributed by atoms with E-state index in [1.54, 1.807) is 0 Å². The quantitative estimate of drug-likeness (QED) is 0.634. The Bertz CT molecular complexity index is 169. The highest BCUT2D eigenvalue weighted by Crippen LogP contribution is 2.30. The molecule has 0 aromatic carbocycles. The molecule has 15 heavy (non-hydrogen) atoms. The zero-order valence-electron chi connectivity index (χ0n) is 10.4. The van der Waals surface area contributed by atoms with Crippen LogP contribution < -0.4 is 5.32 Å². The zero-order chi connectivity index (χ0) is 11.3. The average molecular weight is 214 g/mol. The molecule has 1 aliphatic carbocycles. The second-order valence-electron chi connectivity index (χ2n) is 4.95. The molecular formula is C12H26N2O. The maximum absolute atomic E-state index is 9.83. The van der Waals surface area contributed by atoms with Gasteiger partial charge in [0.15, 0.2) is 0 Å². The van der Waals surface area contributed by atoms with Gasteiger partial charge < -0.3 is 10.4 Å². The number of aliphatic hydroxyl groups excluding tert-OH is 1. The Hall–Kier alpha value is -0.120. The van der Waals surface area contributed by atoms with Gasteiger partial charge in [-0.2, -0.15) is 0 Å². The van der Waals surface area contributed by atoms with Crippen LogP contribution in [-0.2, 0) is 0 Å². The van der Waals surface area contributed by atoms with Gasteiger partial charge in [-0.25, -0.2) is 0 Å². The highest BCUT2D eigenvalue weighted by atomic mass is 16.3. The summed E-state index contributed by atoms with van der Waals surface area (Å²) < 4.78 is 0. The van der Waals surface area contributed by atoms with E-state index in [1.165, 1.54) is 19.4 Å². The summed E-state index contributed by atoms with van der Waals surface area (Å²) in [6.07, 6.45) is 2.53. The molecule has 3 nitrogen and oxygen atoms in total. The summed E-state index contributed by atoms with van der Waals surface area (Å²) >= 11 is 0. The lowest BCUT2D eigenvalue weighted by molar-refractivity contribution is 0.0919. The van der Waals surface area contributed by atoms with E-state index in [-0.39, 0.29) is 6.10 Å². The van der Waals surface area contributed by atoms with E-state index < -0.39 is 0 Å². The third-order valence-electron chi connectivity index (χ3n) is 3.00. The van der Waals surface area contributed by atoms with E-state index in [2.05, 4.69) is 31.0 Å². The molecule has 1 atom stereocenters. The number of nitrogens with zero attached hydrogens (tertiary/aromatic N) is 1. The summed E-state index contributed by atoms with van der Waals surface area (Å²) in [6.45, 7) is 10.1. The van der Waals surface area contributed by atoms with Crippen LogP contribution in [0.2, 0.25) is 0 Å². The fourth-order valence-electron chi connectivity index (χ4n) is 1.77. The van der Waals surface area contributed by atoms with Crippen LogP contribution in [0.1, 0.15) is 33.6 Å². The predicted octanol–water partition coefficient (Wildman–Crippen LogP) is 1.08. The number of hydrogen-bond donors (Lipinski definition) is 2. The van der Waals surface area contributed by atoms with E-state index in [9.17, 15) is 5.11 Å². The minimum Gasteiger partial charge on any atom is -0.390 e. The standard InChI is InChI=1S/C12H26N2O/c1-4-13-7-12(15)9-14(10(2)3)8-11-5-6-11/h10-13,15H,4-9H2,1-3H3. The maximum atomic E-state index is 9.83. The van der Waals surface area contributed by atoms with Gasteiger partial charge in [-0.05, 0) is 39.2 Å². The van der Waals surface area contributed by atoms with Crippen LogP contribution in [0.25, 0.3) is 0 Å². The molecule has 0 radical (unpaired) electrons. The summed E-state index contributed by atoms with van der Waals surface area (Å²) in [4.78, 5) is 2.40. The second-order valence-corrected chi connectivity index (χ2v) is 4.95. The average Bonchev–Trinajstić information content (AvgIpc) is 2.97. The van der Waals surface area contributed by atoms with Gasteiger partial charge >= 0.3 is 0 Å². The molecule has 1 fully saturated rings. The summed E-state index contributed by atoms with van der Waals surface area (Å²) in [6, 6.07) is 0.543. The first kappa shape index (κ1) is 12.9. The first-order chi connectivity index (χ1) is 7.13. The molecule has 1 saturated carbocycles. The topological polar surface area (TPSA) is 35.5 Å². The van der Waals surface area contributed by atoms with Crippen LogP contribution >= 0.6 is 0 Å². The molecule has 1 unspecified atom stereocenters. The molecule has 2 N–H and O–H groups in total. The number of rotatable bonds is 8. The van der Waals surface area contributed by atoms with Gasteiger partial charge in [-0.15, -0.1) is 0 Å². The molecule has 0 amide bonds. The Morgan fingerprint density at radius 3 is 2.53 bits per heavy atom.